The van der Waals surface area contributed by atoms with Crippen LogP contribution in [0.4, 0.5) is 0 Å². The number of halogens is 2. The third-order valence-corrected chi connectivity index (χ3v) is 8.34. The first-order valence-corrected chi connectivity index (χ1v) is 12.5. The van der Waals surface area contributed by atoms with Gasteiger partial charge in [-0.05, 0) is 86.8 Å². The van der Waals surface area contributed by atoms with Gasteiger partial charge in [-0.2, -0.15) is 0 Å². The standard InChI is InChI=1S/C27H18Br2S/c1-15-12-17-7-6-16-4-2-3-5-20(16)26(17)25(15)27-21-10-8-19(29)14-24(21)30-23-11-9-18(28)13-22(23)27/h2-11,13-15H,12H2,1H3/b27-25-/t15-/m1/s1. The van der Waals surface area contributed by atoms with Gasteiger partial charge in [-0.1, -0.05) is 93.0 Å². The van der Waals surface area contributed by atoms with Gasteiger partial charge in [-0.25, -0.2) is 0 Å². The van der Waals surface area contributed by atoms with E-state index in [2.05, 4.69) is 112 Å². The Hall–Kier alpha value is -1.81. The Morgan fingerprint density at radius 1 is 0.800 bits per heavy atom. The summed E-state index contributed by atoms with van der Waals surface area (Å²) < 4.78 is 2.26. The molecular formula is C27H18Br2S. The molecule has 0 amide bonds. The van der Waals surface area contributed by atoms with Crippen LogP contribution in [0.2, 0.25) is 0 Å². The summed E-state index contributed by atoms with van der Waals surface area (Å²) >= 11 is 9.27. The molecule has 0 bridgehead atoms. The molecule has 0 N–H and O–H groups in total. The quantitative estimate of drug-likeness (QED) is 0.191. The van der Waals surface area contributed by atoms with Crippen LogP contribution in [0, 0.1) is 5.92 Å². The number of fused-ring (bicyclic) bond motifs is 5. The van der Waals surface area contributed by atoms with Crippen molar-refractivity contribution in [2.24, 2.45) is 5.92 Å². The molecule has 0 radical (unpaired) electrons. The highest BCUT2D eigenvalue weighted by atomic mass is 79.9. The molecule has 0 spiro atoms. The lowest BCUT2D eigenvalue weighted by molar-refractivity contribution is 0.781. The highest BCUT2D eigenvalue weighted by Gasteiger charge is 2.32. The molecule has 0 saturated heterocycles. The fourth-order valence-corrected chi connectivity index (χ4v) is 6.97. The normalized spacial score (nSPS) is 19.5. The summed E-state index contributed by atoms with van der Waals surface area (Å²) in [4.78, 5) is 2.65. The Labute approximate surface area is 197 Å². The summed E-state index contributed by atoms with van der Waals surface area (Å²) in [6, 6.07) is 26.8. The molecule has 0 aromatic heterocycles. The second-order valence-corrected chi connectivity index (χ2v) is 11.0. The van der Waals surface area contributed by atoms with E-state index >= 15 is 0 Å². The van der Waals surface area contributed by atoms with E-state index in [9.17, 15) is 0 Å². The van der Waals surface area contributed by atoms with E-state index < -0.39 is 0 Å². The van der Waals surface area contributed by atoms with Crippen LogP contribution in [-0.4, -0.2) is 0 Å². The summed E-state index contributed by atoms with van der Waals surface area (Å²) in [6.45, 7) is 2.38. The van der Waals surface area contributed by atoms with Crippen molar-refractivity contribution in [1.82, 2.24) is 0 Å². The first kappa shape index (κ1) is 18.9. The molecule has 2 aliphatic rings. The van der Waals surface area contributed by atoms with Gasteiger partial charge in [0.2, 0.25) is 0 Å². The van der Waals surface area contributed by atoms with Crippen LogP contribution in [0.1, 0.15) is 29.2 Å². The minimum atomic E-state index is 0.479. The predicted molar refractivity (Wildman–Crippen MR) is 135 cm³/mol. The van der Waals surface area contributed by atoms with Crippen LogP contribution in [0.5, 0.6) is 0 Å². The molecule has 3 heteroatoms. The van der Waals surface area contributed by atoms with Gasteiger partial charge >= 0.3 is 0 Å². The van der Waals surface area contributed by atoms with Crippen molar-refractivity contribution in [2.75, 3.05) is 0 Å². The Bertz CT molecular complexity index is 1380. The van der Waals surface area contributed by atoms with Crippen LogP contribution < -0.4 is 0 Å². The van der Waals surface area contributed by atoms with Gasteiger partial charge in [0.05, 0.1) is 0 Å². The zero-order chi connectivity index (χ0) is 20.4. The molecule has 0 saturated carbocycles. The maximum atomic E-state index is 3.73. The van der Waals surface area contributed by atoms with E-state index in [1.165, 1.54) is 54.0 Å². The van der Waals surface area contributed by atoms with E-state index in [0.29, 0.717) is 5.92 Å². The van der Waals surface area contributed by atoms with Gasteiger partial charge in [0.25, 0.3) is 0 Å². The zero-order valence-electron chi connectivity index (χ0n) is 16.4. The minimum Gasteiger partial charge on any atom is -0.0888 e. The molecule has 1 atom stereocenters. The first-order valence-electron chi connectivity index (χ1n) is 10.1. The van der Waals surface area contributed by atoms with E-state index in [1.54, 1.807) is 0 Å². The van der Waals surface area contributed by atoms with Gasteiger partial charge in [-0.3, -0.25) is 0 Å². The van der Waals surface area contributed by atoms with Crippen molar-refractivity contribution < 1.29 is 0 Å². The van der Waals surface area contributed by atoms with E-state index in [0.717, 1.165) is 15.4 Å². The number of hydrogen-bond donors (Lipinski definition) is 0. The van der Waals surface area contributed by atoms with Crippen molar-refractivity contribution >= 4 is 65.5 Å². The molecule has 4 aromatic carbocycles. The monoisotopic (exact) mass is 532 g/mol. The molecule has 1 heterocycles. The third-order valence-electron chi connectivity index (χ3n) is 6.22. The van der Waals surface area contributed by atoms with Crippen molar-refractivity contribution in [2.45, 2.75) is 23.1 Å². The van der Waals surface area contributed by atoms with E-state index in [4.69, 9.17) is 0 Å². The maximum absolute atomic E-state index is 3.73. The smallest absolute Gasteiger partial charge is 0.0212 e. The molecule has 6 rings (SSSR count). The Morgan fingerprint density at radius 2 is 1.60 bits per heavy atom. The molecule has 30 heavy (non-hydrogen) atoms. The van der Waals surface area contributed by atoms with Crippen LogP contribution >= 0.6 is 43.6 Å². The Morgan fingerprint density at radius 3 is 2.50 bits per heavy atom. The number of rotatable bonds is 0. The fourth-order valence-electron chi connectivity index (χ4n) is 4.98. The third kappa shape index (κ3) is 2.86. The number of benzene rings is 4. The SMILES string of the molecule is C[C@@H]1Cc2ccc3ccccc3c2/C1=C1/c2ccc(Br)cc2Sc2ccc(Br)cc21. The molecule has 0 fully saturated rings. The lowest BCUT2D eigenvalue weighted by Gasteiger charge is -2.26. The van der Waals surface area contributed by atoms with Gasteiger partial charge in [-0.15, -0.1) is 0 Å². The fraction of sp³-hybridized carbons (Fsp3) is 0.111. The van der Waals surface area contributed by atoms with E-state index in [1.807, 2.05) is 11.8 Å². The molecule has 4 aromatic rings. The van der Waals surface area contributed by atoms with Gasteiger partial charge < -0.3 is 0 Å². The summed E-state index contributed by atoms with van der Waals surface area (Å²) in [6.07, 6.45) is 1.10. The van der Waals surface area contributed by atoms with Gasteiger partial charge in [0, 0.05) is 18.7 Å². The van der Waals surface area contributed by atoms with Gasteiger partial charge in [0.1, 0.15) is 0 Å². The first-order chi connectivity index (χ1) is 14.6. The van der Waals surface area contributed by atoms with Gasteiger partial charge in [0.15, 0.2) is 0 Å². The van der Waals surface area contributed by atoms with Crippen LogP contribution in [0.3, 0.4) is 0 Å². The molecule has 146 valence electrons. The molecule has 1 aliphatic heterocycles. The molecule has 0 unspecified atom stereocenters. The second kappa shape index (κ2) is 7.12. The predicted octanol–water partition coefficient (Wildman–Crippen LogP) is 8.98. The summed E-state index contributed by atoms with van der Waals surface area (Å²) in [5.41, 5.74) is 8.49. The van der Waals surface area contributed by atoms with Crippen molar-refractivity contribution in [3.8, 4) is 0 Å². The van der Waals surface area contributed by atoms with Crippen LogP contribution in [0.15, 0.2) is 91.5 Å². The maximum Gasteiger partial charge on any atom is 0.0212 e. The lowest BCUT2D eigenvalue weighted by atomic mass is 9.85. The summed E-state index contributed by atoms with van der Waals surface area (Å²) in [5, 5.41) is 2.69. The average molecular weight is 534 g/mol. The minimum absolute atomic E-state index is 0.479. The Kier molecular flexibility index (Phi) is 4.49. The largest absolute Gasteiger partial charge is 0.0888 e. The van der Waals surface area contributed by atoms with Crippen molar-refractivity contribution in [3.63, 3.8) is 0 Å². The Balaban J connectivity index is 1.77. The molecule has 1 aliphatic carbocycles. The van der Waals surface area contributed by atoms with Crippen molar-refractivity contribution in [3.05, 3.63) is 104 Å². The average Bonchev–Trinajstić information content (AvgIpc) is 3.08. The molecule has 0 nitrogen and oxygen atoms in total. The summed E-state index contributed by atoms with van der Waals surface area (Å²) in [7, 11) is 0. The van der Waals surface area contributed by atoms with Crippen molar-refractivity contribution in [1.29, 1.82) is 0 Å². The summed E-state index contributed by atoms with van der Waals surface area (Å²) in [5.74, 6) is 0.479. The number of hydrogen-bond acceptors (Lipinski definition) is 1. The van der Waals surface area contributed by atoms with E-state index in [-0.39, 0.29) is 0 Å². The highest BCUT2D eigenvalue weighted by Crippen LogP contribution is 2.53. The topological polar surface area (TPSA) is 0 Å². The second-order valence-electron chi connectivity index (χ2n) is 8.10. The lowest BCUT2D eigenvalue weighted by Crippen LogP contribution is -2.05. The highest BCUT2D eigenvalue weighted by molar-refractivity contribution is 9.10. The number of allylic oxidation sites excluding steroid dienone is 1. The molecular weight excluding hydrogens is 516 g/mol. The van der Waals surface area contributed by atoms with Crippen LogP contribution in [0.25, 0.3) is 21.9 Å². The zero-order valence-corrected chi connectivity index (χ0v) is 20.4. The van der Waals surface area contributed by atoms with Crippen LogP contribution in [-0.2, 0) is 6.42 Å².